The van der Waals surface area contributed by atoms with Gasteiger partial charge in [-0.25, -0.2) is 4.79 Å². The molecule has 0 aliphatic carbocycles. The normalized spacial score (nSPS) is 11.7. The Kier molecular flexibility index (Phi) is 6.03. The van der Waals surface area contributed by atoms with Crippen LogP contribution in [-0.2, 0) is 15.8 Å². The fourth-order valence-electron chi connectivity index (χ4n) is 3.93. The number of rotatable bonds is 6. The first kappa shape index (κ1) is 22.3. The van der Waals surface area contributed by atoms with Gasteiger partial charge in [0.1, 0.15) is 11.5 Å². The minimum Gasteiger partial charge on any atom is -0.508 e. The highest BCUT2D eigenvalue weighted by Gasteiger charge is 2.42. The van der Waals surface area contributed by atoms with Gasteiger partial charge in [0.2, 0.25) is 5.60 Å². The lowest BCUT2D eigenvalue weighted by molar-refractivity contribution is -0.152. The molecule has 0 atom stereocenters. The molecular formula is C29H26O4. The molecule has 4 nitrogen and oxygen atoms in total. The minimum atomic E-state index is -1.94. The Bertz CT molecular complexity index is 1170. The topological polar surface area (TPSA) is 66.8 Å². The molecule has 0 radical (unpaired) electrons. The number of ether oxygens (including phenoxy) is 1. The maximum Gasteiger partial charge on any atom is 0.353 e. The van der Waals surface area contributed by atoms with Crippen molar-refractivity contribution in [2.45, 2.75) is 24.9 Å². The largest absolute Gasteiger partial charge is 0.508 e. The van der Waals surface area contributed by atoms with E-state index in [0.717, 1.165) is 11.1 Å². The van der Waals surface area contributed by atoms with Gasteiger partial charge in [0.15, 0.2) is 0 Å². The second-order valence-electron chi connectivity index (χ2n) is 8.53. The van der Waals surface area contributed by atoms with E-state index in [-0.39, 0.29) is 11.2 Å². The summed E-state index contributed by atoms with van der Waals surface area (Å²) >= 11 is 0. The van der Waals surface area contributed by atoms with E-state index in [4.69, 9.17) is 4.74 Å². The van der Waals surface area contributed by atoms with Crippen molar-refractivity contribution in [3.63, 3.8) is 0 Å². The van der Waals surface area contributed by atoms with Gasteiger partial charge < -0.3 is 14.9 Å². The van der Waals surface area contributed by atoms with E-state index in [0.29, 0.717) is 16.9 Å². The number of benzene rings is 4. The lowest BCUT2D eigenvalue weighted by Gasteiger charge is -2.28. The molecule has 4 heteroatoms. The van der Waals surface area contributed by atoms with Crippen LogP contribution in [0.4, 0.5) is 0 Å². The minimum absolute atomic E-state index is 0.223. The average molecular weight is 439 g/mol. The Morgan fingerprint density at radius 1 is 0.636 bits per heavy atom. The molecule has 0 heterocycles. The van der Waals surface area contributed by atoms with Crippen LogP contribution in [0, 0.1) is 0 Å². The van der Waals surface area contributed by atoms with Crippen molar-refractivity contribution in [2.75, 3.05) is 0 Å². The van der Waals surface area contributed by atoms with Gasteiger partial charge in [-0.1, -0.05) is 98.8 Å². The van der Waals surface area contributed by atoms with Crippen molar-refractivity contribution in [1.82, 2.24) is 0 Å². The first-order valence-electron chi connectivity index (χ1n) is 10.8. The Morgan fingerprint density at radius 2 is 1.06 bits per heavy atom. The highest BCUT2D eigenvalue weighted by Crippen LogP contribution is 2.35. The van der Waals surface area contributed by atoms with Gasteiger partial charge >= 0.3 is 5.97 Å². The maximum atomic E-state index is 13.3. The summed E-state index contributed by atoms with van der Waals surface area (Å²) in [7, 11) is 0. The third-order valence-corrected chi connectivity index (χ3v) is 6.05. The molecule has 0 aliphatic rings. The van der Waals surface area contributed by atoms with Crippen LogP contribution >= 0.6 is 0 Å². The number of hydrogen-bond donors (Lipinski definition) is 2. The van der Waals surface area contributed by atoms with Gasteiger partial charge in [-0.15, -0.1) is 0 Å². The Balaban J connectivity index is 1.61. The van der Waals surface area contributed by atoms with Crippen LogP contribution in [0.5, 0.6) is 11.5 Å². The third-order valence-electron chi connectivity index (χ3n) is 6.05. The predicted molar refractivity (Wildman–Crippen MR) is 128 cm³/mol. The van der Waals surface area contributed by atoms with Gasteiger partial charge in [-0.3, -0.25) is 0 Å². The molecule has 0 saturated carbocycles. The van der Waals surface area contributed by atoms with Crippen molar-refractivity contribution in [3.05, 3.63) is 131 Å². The number of aromatic hydroxyl groups is 1. The molecular weight excluding hydrogens is 412 g/mol. The zero-order chi connectivity index (χ0) is 23.5. The van der Waals surface area contributed by atoms with Crippen LogP contribution < -0.4 is 4.74 Å². The zero-order valence-electron chi connectivity index (χ0n) is 18.6. The second-order valence-corrected chi connectivity index (χ2v) is 8.53. The van der Waals surface area contributed by atoms with Gasteiger partial charge in [-0.2, -0.15) is 0 Å². The SMILES string of the molecule is CC(C)(c1ccc(O)cc1)c1ccc(OC(=O)C(O)(c2ccccc2)c2ccccc2)cc1. The molecule has 0 bridgehead atoms. The quantitative estimate of drug-likeness (QED) is 0.306. The summed E-state index contributed by atoms with van der Waals surface area (Å²) in [6.45, 7) is 4.17. The second kappa shape index (κ2) is 8.93. The van der Waals surface area contributed by atoms with Crippen LogP contribution in [0.2, 0.25) is 0 Å². The van der Waals surface area contributed by atoms with E-state index in [1.165, 1.54) is 0 Å². The molecule has 4 aromatic carbocycles. The first-order chi connectivity index (χ1) is 15.8. The number of phenolic OH excluding ortho intramolecular Hbond substituents is 1. The molecule has 0 amide bonds. The summed E-state index contributed by atoms with van der Waals surface area (Å²) in [5.74, 6) is -0.206. The third kappa shape index (κ3) is 4.38. The summed E-state index contributed by atoms with van der Waals surface area (Å²) in [4.78, 5) is 13.3. The Labute approximate surface area is 193 Å². The Morgan fingerprint density at radius 3 is 1.52 bits per heavy atom. The molecule has 2 N–H and O–H groups in total. The Hall–Kier alpha value is -3.89. The van der Waals surface area contributed by atoms with Gasteiger partial charge in [0.25, 0.3) is 0 Å². The number of carbonyl (C=O) groups is 1. The monoisotopic (exact) mass is 438 g/mol. The van der Waals surface area contributed by atoms with Crippen molar-refractivity contribution in [1.29, 1.82) is 0 Å². The van der Waals surface area contributed by atoms with Gasteiger partial charge in [-0.05, 0) is 46.5 Å². The number of hydrogen-bond acceptors (Lipinski definition) is 4. The van der Waals surface area contributed by atoms with Crippen LogP contribution in [0.15, 0.2) is 109 Å². The number of carbonyl (C=O) groups excluding carboxylic acids is 1. The van der Waals surface area contributed by atoms with E-state index in [1.807, 2.05) is 36.4 Å². The van der Waals surface area contributed by atoms with Crippen molar-refractivity contribution in [3.8, 4) is 11.5 Å². The summed E-state index contributed by atoms with van der Waals surface area (Å²) in [5, 5.41) is 21.1. The fraction of sp³-hybridized carbons (Fsp3) is 0.138. The summed E-state index contributed by atoms with van der Waals surface area (Å²) in [6, 6.07) is 32.0. The highest BCUT2D eigenvalue weighted by atomic mass is 16.6. The molecule has 166 valence electrons. The zero-order valence-corrected chi connectivity index (χ0v) is 18.6. The van der Waals surface area contributed by atoms with E-state index < -0.39 is 11.6 Å². The lowest BCUT2D eigenvalue weighted by Crippen LogP contribution is -2.40. The van der Waals surface area contributed by atoms with Crippen LogP contribution in [-0.4, -0.2) is 16.2 Å². The first-order valence-corrected chi connectivity index (χ1v) is 10.8. The van der Waals surface area contributed by atoms with Gasteiger partial charge in [0, 0.05) is 5.41 Å². The molecule has 33 heavy (non-hydrogen) atoms. The maximum absolute atomic E-state index is 13.3. The standard InChI is InChI=1S/C29H26O4/c1-28(2,21-13-17-25(30)18-14-21)22-15-19-26(20-16-22)33-27(31)29(32,23-9-5-3-6-10-23)24-11-7-4-8-12-24/h3-20,30,32H,1-2H3. The number of aliphatic hydroxyl groups is 1. The van der Waals surface area contributed by atoms with E-state index in [2.05, 4.69) is 13.8 Å². The molecule has 0 unspecified atom stereocenters. The summed E-state index contributed by atoms with van der Waals surface area (Å²) in [6.07, 6.45) is 0. The highest BCUT2D eigenvalue weighted by molar-refractivity contribution is 5.87. The van der Waals surface area contributed by atoms with E-state index in [9.17, 15) is 15.0 Å². The molecule has 4 aromatic rings. The lowest BCUT2D eigenvalue weighted by atomic mass is 9.78. The number of phenols is 1. The van der Waals surface area contributed by atoms with Crippen LogP contribution in [0.3, 0.4) is 0 Å². The average Bonchev–Trinajstić information content (AvgIpc) is 2.85. The molecule has 0 spiro atoms. The van der Waals surface area contributed by atoms with Crippen molar-refractivity contribution < 1.29 is 19.7 Å². The smallest absolute Gasteiger partial charge is 0.353 e. The molecule has 0 aromatic heterocycles. The van der Waals surface area contributed by atoms with Gasteiger partial charge in [0.05, 0.1) is 0 Å². The van der Waals surface area contributed by atoms with Crippen molar-refractivity contribution >= 4 is 5.97 Å². The van der Waals surface area contributed by atoms with E-state index in [1.54, 1.807) is 72.8 Å². The molecule has 0 saturated heterocycles. The van der Waals surface area contributed by atoms with Crippen molar-refractivity contribution in [2.24, 2.45) is 0 Å². The van der Waals surface area contributed by atoms with E-state index >= 15 is 0 Å². The molecule has 0 aliphatic heterocycles. The van der Waals surface area contributed by atoms with Crippen LogP contribution in [0.1, 0.15) is 36.1 Å². The summed E-state index contributed by atoms with van der Waals surface area (Å²) in [5.41, 5.74) is 0.692. The predicted octanol–water partition coefficient (Wildman–Crippen LogP) is 5.56. The molecule has 4 rings (SSSR count). The van der Waals surface area contributed by atoms with Crippen LogP contribution in [0.25, 0.3) is 0 Å². The molecule has 0 fully saturated rings. The summed E-state index contributed by atoms with van der Waals surface area (Å²) < 4.78 is 5.66. The fourth-order valence-corrected chi connectivity index (χ4v) is 3.93. The number of esters is 1.